The van der Waals surface area contributed by atoms with Gasteiger partial charge in [0, 0.05) is 5.88 Å². The monoisotopic (exact) mass is 251 g/mol. The van der Waals surface area contributed by atoms with Crippen LogP contribution in [-0.4, -0.2) is 24.4 Å². The number of hydrogen-bond acceptors (Lipinski definition) is 2. The van der Waals surface area contributed by atoms with E-state index in [2.05, 4.69) is 43.1 Å². The van der Waals surface area contributed by atoms with Gasteiger partial charge in [0.05, 0.1) is 11.5 Å². The predicted octanol–water partition coefficient (Wildman–Crippen LogP) is 3.29. The van der Waals surface area contributed by atoms with Crippen LogP contribution in [0.2, 0.25) is 0 Å². The molecule has 0 amide bonds. The molecule has 1 aromatic rings. The maximum absolute atomic E-state index is 5.92. The van der Waals surface area contributed by atoms with Gasteiger partial charge in [-0.3, -0.25) is 0 Å². The number of benzene rings is 1. The summed E-state index contributed by atoms with van der Waals surface area (Å²) in [6.45, 7) is 4.79. The molecule has 17 heavy (non-hydrogen) atoms. The van der Waals surface area contributed by atoms with Gasteiger partial charge >= 0.3 is 0 Å². The summed E-state index contributed by atoms with van der Waals surface area (Å²) in [5.41, 5.74) is 1.14. The lowest BCUT2D eigenvalue weighted by Gasteiger charge is -2.19. The van der Waals surface area contributed by atoms with Gasteiger partial charge in [0.15, 0.2) is 5.90 Å². The van der Waals surface area contributed by atoms with Crippen LogP contribution in [0.5, 0.6) is 0 Å². The first kappa shape index (κ1) is 12.4. The van der Waals surface area contributed by atoms with E-state index in [1.165, 1.54) is 5.56 Å². The van der Waals surface area contributed by atoms with Gasteiger partial charge in [0.25, 0.3) is 0 Å². The fourth-order valence-electron chi connectivity index (χ4n) is 1.83. The third-order valence-corrected chi connectivity index (χ3v) is 3.61. The molecule has 0 saturated carbocycles. The van der Waals surface area contributed by atoms with Crippen LogP contribution in [0.15, 0.2) is 35.3 Å². The van der Waals surface area contributed by atoms with E-state index in [0.29, 0.717) is 12.5 Å². The molecule has 1 aromatic carbocycles. The second kappa shape index (κ2) is 5.09. The van der Waals surface area contributed by atoms with Gasteiger partial charge in [-0.2, -0.15) is 0 Å². The number of aliphatic imine (C=N–C) groups is 1. The number of nitrogens with zero attached hydrogens (tertiary/aromatic N) is 1. The first-order chi connectivity index (χ1) is 8.12. The summed E-state index contributed by atoms with van der Waals surface area (Å²) in [7, 11) is 0. The minimum atomic E-state index is -0.160. The highest BCUT2D eigenvalue weighted by atomic mass is 35.5. The van der Waals surface area contributed by atoms with Crippen molar-refractivity contribution in [2.24, 2.45) is 10.4 Å². The maximum Gasteiger partial charge on any atom is 0.190 e. The van der Waals surface area contributed by atoms with E-state index >= 15 is 0 Å². The highest BCUT2D eigenvalue weighted by molar-refractivity contribution is 6.19. The number of halogens is 1. The second-order valence-electron chi connectivity index (χ2n) is 5.11. The summed E-state index contributed by atoms with van der Waals surface area (Å²) in [5, 5.41) is 0. The first-order valence-corrected chi connectivity index (χ1v) is 6.46. The highest BCUT2D eigenvalue weighted by Crippen LogP contribution is 2.25. The smallest absolute Gasteiger partial charge is 0.190 e. The number of hydrogen-bond donors (Lipinski definition) is 0. The molecule has 1 aliphatic heterocycles. The zero-order valence-corrected chi connectivity index (χ0v) is 11.1. The molecule has 0 saturated heterocycles. The Bertz CT molecular complexity index is 400. The van der Waals surface area contributed by atoms with Crippen LogP contribution < -0.4 is 0 Å². The van der Waals surface area contributed by atoms with Crippen molar-refractivity contribution in [2.45, 2.75) is 26.3 Å². The summed E-state index contributed by atoms with van der Waals surface area (Å²) in [6, 6.07) is 10.6. The molecule has 1 unspecified atom stereocenters. The lowest BCUT2D eigenvalue weighted by molar-refractivity contribution is 0.282. The fourth-order valence-corrected chi connectivity index (χ4v) is 1.95. The van der Waals surface area contributed by atoms with Gasteiger partial charge in [-0.1, -0.05) is 30.3 Å². The van der Waals surface area contributed by atoms with Crippen molar-refractivity contribution < 1.29 is 4.74 Å². The van der Waals surface area contributed by atoms with Gasteiger partial charge in [-0.25, -0.2) is 4.99 Å². The average Bonchev–Trinajstić information content (AvgIpc) is 2.80. The van der Waals surface area contributed by atoms with E-state index < -0.39 is 0 Å². The number of rotatable bonds is 4. The summed E-state index contributed by atoms with van der Waals surface area (Å²) in [5.74, 6) is 1.33. The van der Waals surface area contributed by atoms with Crippen molar-refractivity contribution in [3.8, 4) is 0 Å². The van der Waals surface area contributed by atoms with E-state index in [9.17, 15) is 0 Å². The first-order valence-electron chi connectivity index (χ1n) is 5.93. The van der Waals surface area contributed by atoms with Gasteiger partial charge in [-0.15, -0.1) is 11.6 Å². The molecule has 1 aliphatic rings. The molecule has 1 atom stereocenters. The molecule has 0 N–H and O–H groups in total. The average molecular weight is 252 g/mol. The lowest BCUT2D eigenvalue weighted by atomic mass is 9.96. The Morgan fingerprint density at radius 2 is 2.06 bits per heavy atom. The third kappa shape index (κ3) is 3.01. The molecule has 3 heteroatoms. The van der Waals surface area contributed by atoms with E-state index in [1.54, 1.807) is 0 Å². The molecular formula is C14H18ClNO. The lowest BCUT2D eigenvalue weighted by Crippen LogP contribution is -2.26. The summed E-state index contributed by atoms with van der Waals surface area (Å²) in [4.78, 5) is 4.64. The van der Waals surface area contributed by atoms with Crippen molar-refractivity contribution in [2.75, 3.05) is 12.5 Å². The quantitative estimate of drug-likeness (QED) is 0.753. The van der Waals surface area contributed by atoms with Gasteiger partial charge in [0.1, 0.15) is 6.61 Å². The molecule has 2 rings (SSSR count). The molecule has 0 fully saturated rings. The van der Waals surface area contributed by atoms with Gasteiger partial charge in [0.2, 0.25) is 0 Å². The Labute approximate surface area is 108 Å². The van der Waals surface area contributed by atoms with Crippen molar-refractivity contribution >= 4 is 17.5 Å². The van der Waals surface area contributed by atoms with Crippen molar-refractivity contribution in [3.05, 3.63) is 35.9 Å². The van der Waals surface area contributed by atoms with Crippen molar-refractivity contribution in [3.63, 3.8) is 0 Å². The molecule has 0 bridgehead atoms. The second-order valence-corrected chi connectivity index (χ2v) is 5.37. The van der Waals surface area contributed by atoms with Crippen molar-refractivity contribution in [1.82, 2.24) is 0 Å². The molecule has 2 nitrogen and oxygen atoms in total. The van der Waals surface area contributed by atoms with Crippen LogP contribution in [0.1, 0.15) is 19.4 Å². The van der Waals surface area contributed by atoms with Gasteiger partial charge < -0.3 is 4.74 Å². The topological polar surface area (TPSA) is 21.6 Å². The fraction of sp³-hybridized carbons (Fsp3) is 0.500. The standard InChI is InChI=1S/C14H18ClNO/c1-14(2,10-15)13-16-12(9-17-13)8-11-6-4-3-5-7-11/h3-7,12H,8-10H2,1-2H3. The molecule has 0 radical (unpaired) electrons. The summed E-state index contributed by atoms with van der Waals surface area (Å²) in [6.07, 6.45) is 0.933. The van der Waals surface area contributed by atoms with E-state index in [-0.39, 0.29) is 11.5 Å². The van der Waals surface area contributed by atoms with E-state index in [1.807, 2.05) is 6.07 Å². The normalized spacial score (nSPS) is 19.9. The molecule has 0 spiro atoms. The molecule has 92 valence electrons. The van der Waals surface area contributed by atoms with Crippen LogP contribution in [0, 0.1) is 5.41 Å². The molecule has 0 aliphatic carbocycles. The molecule has 0 aromatic heterocycles. The summed E-state index contributed by atoms with van der Waals surface area (Å²) >= 11 is 5.92. The SMILES string of the molecule is CC(C)(CCl)C1=NC(Cc2ccccc2)CO1. The van der Waals surface area contributed by atoms with Crippen LogP contribution in [0.4, 0.5) is 0 Å². The van der Waals surface area contributed by atoms with Crippen LogP contribution >= 0.6 is 11.6 Å². The molecular weight excluding hydrogens is 234 g/mol. The van der Waals surface area contributed by atoms with Crippen molar-refractivity contribution in [1.29, 1.82) is 0 Å². The summed E-state index contributed by atoms with van der Waals surface area (Å²) < 4.78 is 5.66. The Kier molecular flexibility index (Phi) is 3.72. The largest absolute Gasteiger partial charge is 0.478 e. The van der Waals surface area contributed by atoms with Crippen LogP contribution in [-0.2, 0) is 11.2 Å². The Morgan fingerprint density at radius 1 is 1.35 bits per heavy atom. The molecule has 1 heterocycles. The zero-order valence-electron chi connectivity index (χ0n) is 10.3. The highest BCUT2D eigenvalue weighted by Gasteiger charge is 2.31. The predicted molar refractivity (Wildman–Crippen MR) is 71.8 cm³/mol. The minimum Gasteiger partial charge on any atom is -0.478 e. The zero-order chi connectivity index (χ0) is 12.3. The Balaban J connectivity index is 2.02. The maximum atomic E-state index is 5.92. The number of alkyl halides is 1. The van der Waals surface area contributed by atoms with Crippen LogP contribution in [0.25, 0.3) is 0 Å². The minimum absolute atomic E-state index is 0.160. The Hall–Kier alpha value is -1.02. The third-order valence-electron chi connectivity index (χ3n) is 2.94. The van der Waals surface area contributed by atoms with E-state index in [0.717, 1.165) is 12.3 Å². The number of ether oxygens (including phenoxy) is 1. The van der Waals surface area contributed by atoms with E-state index in [4.69, 9.17) is 16.3 Å². The van der Waals surface area contributed by atoms with Gasteiger partial charge in [-0.05, 0) is 25.8 Å². The Morgan fingerprint density at radius 3 is 2.71 bits per heavy atom. The van der Waals surface area contributed by atoms with Crippen LogP contribution in [0.3, 0.4) is 0 Å².